The van der Waals surface area contributed by atoms with Crippen molar-refractivity contribution in [3.63, 3.8) is 0 Å². The average molecular weight is 237 g/mol. The van der Waals surface area contributed by atoms with Crippen molar-refractivity contribution >= 4 is 11.6 Å². The predicted octanol–water partition coefficient (Wildman–Crippen LogP) is 3.75. The Labute approximate surface area is 97.5 Å². The Morgan fingerprint density at radius 3 is 2.88 bits per heavy atom. The van der Waals surface area contributed by atoms with Gasteiger partial charge >= 0.3 is 0 Å². The fourth-order valence-electron chi connectivity index (χ4n) is 1.76. The SMILES string of the molecule is Fc1ccc(-c2ncc(C3CC3)[nH]2)c(Cl)c1. The van der Waals surface area contributed by atoms with E-state index in [0.717, 1.165) is 11.3 Å². The molecule has 1 aliphatic carbocycles. The largest absolute Gasteiger partial charge is 0.342 e. The minimum absolute atomic E-state index is 0.331. The maximum absolute atomic E-state index is 12.9. The summed E-state index contributed by atoms with van der Waals surface area (Å²) in [6, 6.07) is 4.34. The van der Waals surface area contributed by atoms with Crippen LogP contribution in [-0.2, 0) is 0 Å². The quantitative estimate of drug-likeness (QED) is 0.845. The van der Waals surface area contributed by atoms with E-state index in [1.54, 1.807) is 6.07 Å². The van der Waals surface area contributed by atoms with Crippen molar-refractivity contribution in [2.45, 2.75) is 18.8 Å². The number of aromatic nitrogens is 2. The van der Waals surface area contributed by atoms with Crippen LogP contribution in [0.1, 0.15) is 24.5 Å². The molecule has 2 aromatic rings. The molecule has 0 spiro atoms. The van der Waals surface area contributed by atoms with E-state index in [9.17, 15) is 4.39 Å². The van der Waals surface area contributed by atoms with Crippen LogP contribution in [0.25, 0.3) is 11.4 Å². The number of imidazole rings is 1. The zero-order valence-corrected chi connectivity index (χ0v) is 9.26. The van der Waals surface area contributed by atoms with E-state index in [4.69, 9.17) is 11.6 Å². The molecule has 3 rings (SSSR count). The molecule has 0 bridgehead atoms. The summed E-state index contributed by atoms with van der Waals surface area (Å²) >= 11 is 5.97. The second-order valence-corrected chi connectivity index (χ2v) is 4.49. The number of rotatable bonds is 2. The van der Waals surface area contributed by atoms with Gasteiger partial charge in [-0.15, -0.1) is 0 Å². The number of nitrogens with zero attached hydrogens (tertiary/aromatic N) is 1. The standard InChI is InChI=1S/C12H10ClFN2/c13-10-5-8(14)3-4-9(10)12-15-6-11(16-12)7-1-2-7/h3-7H,1-2H2,(H,15,16). The maximum Gasteiger partial charge on any atom is 0.138 e. The minimum atomic E-state index is -0.331. The van der Waals surface area contributed by atoms with Crippen LogP contribution < -0.4 is 0 Å². The third kappa shape index (κ3) is 1.71. The molecule has 2 nitrogen and oxygen atoms in total. The Morgan fingerprint density at radius 1 is 1.38 bits per heavy atom. The Morgan fingerprint density at radius 2 is 2.19 bits per heavy atom. The van der Waals surface area contributed by atoms with Gasteiger partial charge in [0.25, 0.3) is 0 Å². The van der Waals surface area contributed by atoms with Gasteiger partial charge in [0.05, 0.1) is 5.02 Å². The van der Waals surface area contributed by atoms with Crippen molar-refractivity contribution < 1.29 is 4.39 Å². The smallest absolute Gasteiger partial charge is 0.138 e. The molecule has 1 heterocycles. The van der Waals surface area contributed by atoms with E-state index in [0.29, 0.717) is 16.8 Å². The Bertz CT molecular complexity index is 532. The van der Waals surface area contributed by atoms with Gasteiger partial charge in [-0.05, 0) is 31.0 Å². The first-order valence-electron chi connectivity index (χ1n) is 5.24. The molecule has 0 amide bonds. The highest BCUT2D eigenvalue weighted by Gasteiger charge is 2.25. The molecule has 16 heavy (non-hydrogen) atoms. The van der Waals surface area contributed by atoms with E-state index in [1.807, 2.05) is 6.20 Å². The first-order chi connectivity index (χ1) is 7.74. The number of benzene rings is 1. The second kappa shape index (κ2) is 3.59. The average Bonchev–Trinajstić information content (AvgIpc) is 2.98. The highest BCUT2D eigenvalue weighted by Crippen LogP contribution is 2.40. The van der Waals surface area contributed by atoms with Crippen LogP contribution in [0.2, 0.25) is 5.02 Å². The highest BCUT2D eigenvalue weighted by molar-refractivity contribution is 6.33. The number of H-pyrrole nitrogens is 1. The molecule has 1 saturated carbocycles. The lowest BCUT2D eigenvalue weighted by atomic mass is 10.2. The van der Waals surface area contributed by atoms with Gasteiger partial charge in [-0.1, -0.05) is 11.6 Å². The molecule has 1 aromatic heterocycles. The van der Waals surface area contributed by atoms with Crippen LogP contribution in [0.3, 0.4) is 0 Å². The van der Waals surface area contributed by atoms with Crippen molar-refractivity contribution in [3.8, 4) is 11.4 Å². The first kappa shape index (κ1) is 9.85. The molecule has 0 aliphatic heterocycles. The molecule has 0 unspecified atom stereocenters. The lowest BCUT2D eigenvalue weighted by molar-refractivity contribution is 0.628. The summed E-state index contributed by atoms with van der Waals surface area (Å²) in [4.78, 5) is 7.51. The fourth-order valence-corrected chi connectivity index (χ4v) is 2.01. The van der Waals surface area contributed by atoms with E-state index < -0.39 is 0 Å². The van der Waals surface area contributed by atoms with Gasteiger partial charge in [0.15, 0.2) is 0 Å². The lowest BCUT2D eigenvalue weighted by Crippen LogP contribution is -1.84. The second-order valence-electron chi connectivity index (χ2n) is 4.09. The van der Waals surface area contributed by atoms with Gasteiger partial charge in [0, 0.05) is 23.4 Å². The van der Waals surface area contributed by atoms with Crippen molar-refractivity contribution in [1.29, 1.82) is 0 Å². The zero-order valence-electron chi connectivity index (χ0n) is 8.50. The molecule has 1 aromatic carbocycles. The van der Waals surface area contributed by atoms with Gasteiger partial charge in [-0.3, -0.25) is 0 Å². The topological polar surface area (TPSA) is 28.7 Å². The van der Waals surface area contributed by atoms with Crippen LogP contribution in [0.5, 0.6) is 0 Å². The molecule has 1 fully saturated rings. The summed E-state index contributed by atoms with van der Waals surface area (Å²) in [5.74, 6) is 1.01. The molecular formula is C12H10ClFN2. The molecule has 1 aliphatic rings. The molecular weight excluding hydrogens is 227 g/mol. The zero-order chi connectivity index (χ0) is 11.1. The molecule has 82 valence electrons. The number of hydrogen-bond acceptors (Lipinski definition) is 1. The van der Waals surface area contributed by atoms with E-state index in [-0.39, 0.29) is 5.82 Å². The highest BCUT2D eigenvalue weighted by atomic mass is 35.5. The van der Waals surface area contributed by atoms with Crippen molar-refractivity contribution in [3.05, 3.63) is 40.9 Å². The van der Waals surface area contributed by atoms with Crippen molar-refractivity contribution in [1.82, 2.24) is 9.97 Å². The van der Waals surface area contributed by atoms with Gasteiger partial charge in [-0.25, -0.2) is 9.37 Å². The first-order valence-corrected chi connectivity index (χ1v) is 5.62. The third-order valence-electron chi connectivity index (χ3n) is 2.80. The fraction of sp³-hybridized carbons (Fsp3) is 0.250. The number of aromatic amines is 1. The molecule has 0 atom stereocenters. The van der Waals surface area contributed by atoms with Gasteiger partial charge in [0.2, 0.25) is 0 Å². The van der Waals surface area contributed by atoms with Crippen molar-refractivity contribution in [2.24, 2.45) is 0 Å². The van der Waals surface area contributed by atoms with Crippen LogP contribution in [0.4, 0.5) is 4.39 Å². The summed E-state index contributed by atoms with van der Waals surface area (Å²) in [5, 5.41) is 0.386. The summed E-state index contributed by atoms with van der Waals surface area (Å²) in [6.07, 6.45) is 4.28. The van der Waals surface area contributed by atoms with Gasteiger partial charge in [0.1, 0.15) is 11.6 Å². The van der Waals surface area contributed by atoms with Crippen LogP contribution in [-0.4, -0.2) is 9.97 Å². The Kier molecular flexibility index (Phi) is 2.21. The maximum atomic E-state index is 12.9. The minimum Gasteiger partial charge on any atom is -0.342 e. The lowest BCUT2D eigenvalue weighted by Gasteiger charge is -2.00. The predicted molar refractivity (Wildman–Crippen MR) is 61.0 cm³/mol. The normalized spacial score (nSPS) is 15.4. The number of halogens is 2. The van der Waals surface area contributed by atoms with Crippen LogP contribution in [0, 0.1) is 5.82 Å². The monoisotopic (exact) mass is 236 g/mol. The summed E-state index contributed by atoms with van der Waals surface area (Å²) in [5.41, 5.74) is 1.89. The molecule has 1 N–H and O–H groups in total. The summed E-state index contributed by atoms with van der Waals surface area (Å²) in [6.45, 7) is 0. The molecule has 0 saturated heterocycles. The van der Waals surface area contributed by atoms with E-state index >= 15 is 0 Å². The summed E-state index contributed by atoms with van der Waals surface area (Å²) < 4.78 is 12.9. The van der Waals surface area contributed by atoms with Crippen LogP contribution >= 0.6 is 11.6 Å². The van der Waals surface area contributed by atoms with Gasteiger partial charge in [-0.2, -0.15) is 0 Å². The molecule has 4 heteroatoms. The third-order valence-corrected chi connectivity index (χ3v) is 3.11. The Balaban J connectivity index is 2.00. The number of nitrogens with one attached hydrogen (secondary N) is 1. The summed E-state index contributed by atoms with van der Waals surface area (Å²) in [7, 11) is 0. The molecule has 0 radical (unpaired) electrons. The van der Waals surface area contributed by atoms with Crippen LogP contribution in [0.15, 0.2) is 24.4 Å². The van der Waals surface area contributed by atoms with Gasteiger partial charge < -0.3 is 4.98 Å². The van der Waals surface area contributed by atoms with Crippen molar-refractivity contribution in [2.75, 3.05) is 0 Å². The van der Waals surface area contributed by atoms with E-state index in [2.05, 4.69) is 9.97 Å². The number of hydrogen-bond donors (Lipinski definition) is 1. The van der Waals surface area contributed by atoms with E-state index in [1.165, 1.54) is 25.0 Å². The Hall–Kier alpha value is -1.35.